The first-order valence-electron chi connectivity index (χ1n) is 3.76. The summed E-state index contributed by atoms with van der Waals surface area (Å²) in [6.07, 6.45) is 3.01. The predicted octanol–water partition coefficient (Wildman–Crippen LogP) is 0.775. The molecule has 1 unspecified atom stereocenters. The van der Waals surface area contributed by atoms with Crippen LogP contribution in [0, 0.1) is 0 Å². The average Bonchev–Trinajstić information content (AvgIpc) is 2.63. The molecule has 0 aromatic rings. The molecule has 1 atom stereocenters. The van der Waals surface area contributed by atoms with E-state index in [0.717, 1.165) is 19.7 Å². The fraction of sp³-hybridized carbons (Fsp3) is 1.00. The van der Waals surface area contributed by atoms with Gasteiger partial charge in [-0.15, -0.1) is 0 Å². The fourth-order valence-corrected chi connectivity index (χ4v) is 0.800. The molecule has 0 amide bonds. The number of hydrogen-bond acceptors (Lipinski definition) is 2. The lowest BCUT2D eigenvalue weighted by Crippen LogP contribution is -2.17. The van der Waals surface area contributed by atoms with Crippen LogP contribution in [0.3, 0.4) is 0 Å². The van der Waals surface area contributed by atoms with Gasteiger partial charge in [0.25, 0.3) is 0 Å². The molecule has 2 heteroatoms. The van der Waals surface area contributed by atoms with E-state index in [4.69, 9.17) is 4.74 Å². The summed E-state index contributed by atoms with van der Waals surface area (Å²) in [5.41, 5.74) is 0. The van der Waals surface area contributed by atoms with Gasteiger partial charge in [-0.05, 0) is 25.9 Å². The summed E-state index contributed by atoms with van der Waals surface area (Å²) in [5, 5.41) is 3.33. The molecule has 2 nitrogen and oxygen atoms in total. The Bertz CT molecular complexity index is 71.3. The maximum absolute atomic E-state index is 5.05. The molecule has 1 saturated heterocycles. The molecular formula is C7H15NO. The second kappa shape index (κ2) is 3.85. The summed E-state index contributed by atoms with van der Waals surface area (Å²) in [5.74, 6) is 0. The number of epoxide rings is 1. The van der Waals surface area contributed by atoms with Gasteiger partial charge >= 0.3 is 0 Å². The number of hydrogen-bond donors (Lipinski definition) is 1. The van der Waals surface area contributed by atoms with E-state index in [-0.39, 0.29) is 0 Å². The van der Waals surface area contributed by atoms with Gasteiger partial charge in [-0.3, -0.25) is 0 Å². The molecule has 0 spiro atoms. The highest BCUT2D eigenvalue weighted by Gasteiger charge is 2.20. The molecule has 1 aliphatic heterocycles. The van der Waals surface area contributed by atoms with Crippen molar-refractivity contribution in [1.29, 1.82) is 0 Å². The maximum atomic E-state index is 5.05. The van der Waals surface area contributed by atoms with E-state index >= 15 is 0 Å². The second-order valence-electron chi connectivity index (χ2n) is 2.49. The number of ether oxygens (including phenoxy) is 1. The summed E-state index contributed by atoms with van der Waals surface area (Å²) < 4.78 is 5.05. The highest BCUT2D eigenvalue weighted by atomic mass is 16.6. The van der Waals surface area contributed by atoms with Crippen molar-refractivity contribution in [2.45, 2.75) is 25.9 Å². The Kier molecular flexibility index (Phi) is 3.01. The van der Waals surface area contributed by atoms with Gasteiger partial charge in [0.15, 0.2) is 0 Å². The van der Waals surface area contributed by atoms with Crippen molar-refractivity contribution in [2.75, 3.05) is 19.7 Å². The zero-order valence-electron chi connectivity index (χ0n) is 6.02. The molecule has 1 heterocycles. The lowest BCUT2D eigenvalue weighted by Gasteiger charge is -1.98. The van der Waals surface area contributed by atoms with Crippen LogP contribution < -0.4 is 5.32 Å². The van der Waals surface area contributed by atoms with Crippen LogP contribution in [-0.2, 0) is 4.74 Å². The van der Waals surface area contributed by atoms with E-state index < -0.39 is 0 Å². The van der Waals surface area contributed by atoms with E-state index in [1.165, 1.54) is 12.8 Å². The third-order valence-electron chi connectivity index (χ3n) is 1.47. The Hall–Kier alpha value is -0.0800. The minimum Gasteiger partial charge on any atom is -0.373 e. The second-order valence-corrected chi connectivity index (χ2v) is 2.49. The Balaban J connectivity index is 1.71. The largest absolute Gasteiger partial charge is 0.373 e. The van der Waals surface area contributed by atoms with Gasteiger partial charge in [-0.2, -0.15) is 0 Å². The SMILES string of the molecule is CCCNCCC1CO1. The van der Waals surface area contributed by atoms with Gasteiger partial charge in [0, 0.05) is 0 Å². The van der Waals surface area contributed by atoms with Crippen molar-refractivity contribution >= 4 is 0 Å². The number of nitrogens with one attached hydrogen (secondary N) is 1. The summed E-state index contributed by atoms with van der Waals surface area (Å²) in [6.45, 7) is 5.44. The highest BCUT2D eigenvalue weighted by Crippen LogP contribution is 2.11. The topological polar surface area (TPSA) is 24.6 Å². The first-order valence-corrected chi connectivity index (χ1v) is 3.76. The van der Waals surface area contributed by atoms with Crippen LogP contribution in [0.15, 0.2) is 0 Å². The smallest absolute Gasteiger partial charge is 0.0822 e. The Morgan fingerprint density at radius 3 is 2.89 bits per heavy atom. The molecule has 1 fully saturated rings. The van der Waals surface area contributed by atoms with Crippen LogP contribution in [0.5, 0.6) is 0 Å². The molecule has 0 aromatic heterocycles. The summed E-state index contributed by atoms with van der Waals surface area (Å²) in [7, 11) is 0. The third kappa shape index (κ3) is 3.49. The average molecular weight is 129 g/mol. The van der Waals surface area contributed by atoms with Crippen molar-refractivity contribution in [3.8, 4) is 0 Å². The van der Waals surface area contributed by atoms with Crippen molar-refractivity contribution in [2.24, 2.45) is 0 Å². The van der Waals surface area contributed by atoms with Crippen molar-refractivity contribution in [3.05, 3.63) is 0 Å². The molecule has 0 aromatic carbocycles. The zero-order chi connectivity index (χ0) is 6.53. The zero-order valence-corrected chi connectivity index (χ0v) is 6.02. The summed E-state index contributed by atoms with van der Waals surface area (Å²) in [6, 6.07) is 0. The molecule has 0 saturated carbocycles. The minimum atomic E-state index is 0.592. The van der Waals surface area contributed by atoms with Crippen molar-refractivity contribution < 1.29 is 4.74 Å². The Labute approximate surface area is 56.6 Å². The van der Waals surface area contributed by atoms with Crippen LogP contribution in [0.25, 0.3) is 0 Å². The molecule has 54 valence electrons. The predicted molar refractivity (Wildman–Crippen MR) is 37.5 cm³/mol. The normalized spacial score (nSPS) is 24.3. The van der Waals surface area contributed by atoms with E-state index in [9.17, 15) is 0 Å². The summed E-state index contributed by atoms with van der Waals surface area (Å²) >= 11 is 0. The molecular weight excluding hydrogens is 114 g/mol. The molecule has 1 aliphatic rings. The van der Waals surface area contributed by atoms with E-state index in [2.05, 4.69) is 12.2 Å². The van der Waals surface area contributed by atoms with Crippen molar-refractivity contribution in [3.63, 3.8) is 0 Å². The quantitative estimate of drug-likeness (QED) is 0.438. The molecule has 9 heavy (non-hydrogen) atoms. The Morgan fingerprint density at radius 1 is 1.56 bits per heavy atom. The lowest BCUT2D eigenvalue weighted by molar-refractivity contribution is 0.392. The molecule has 1 N–H and O–H groups in total. The van der Waals surface area contributed by atoms with Gasteiger partial charge in [-0.1, -0.05) is 6.92 Å². The van der Waals surface area contributed by atoms with Crippen LogP contribution in [0.4, 0.5) is 0 Å². The van der Waals surface area contributed by atoms with Crippen molar-refractivity contribution in [1.82, 2.24) is 5.32 Å². The third-order valence-corrected chi connectivity index (χ3v) is 1.47. The first kappa shape index (κ1) is 7.03. The first-order chi connectivity index (χ1) is 4.43. The standard InChI is InChI=1S/C7H15NO/c1-2-4-8-5-3-7-6-9-7/h7-8H,2-6H2,1H3. The monoisotopic (exact) mass is 129 g/mol. The number of rotatable bonds is 5. The van der Waals surface area contributed by atoms with E-state index in [1.807, 2.05) is 0 Å². The van der Waals surface area contributed by atoms with Gasteiger partial charge in [0.05, 0.1) is 12.7 Å². The molecule has 1 rings (SSSR count). The van der Waals surface area contributed by atoms with Crippen LogP contribution in [0.1, 0.15) is 19.8 Å². The summed E-state index contributed by atoms with van der Waals surface area (Å²) in [4.78, 5) is 0. The van der Waals surface area contributed by atoms with Crippen LogP contribution >= 0.6 is 0 Å². The highest BCUT2D eigenvalue weighted by molar-refractivity contribution is 4.69. The van der Waals surface area contributed by atoms with Gasteiger partial charge in [0.2, 0.25) is 0 Å². The van der Waals surface area contributed by atoms with Crippen LogP contribution in [-0.4, -0.2) is 25.8 Å². The van der Waals surface area contributed by atoms with E-state index in [0.29, 0.717) is 6.10 Å². The minimum absolute atomic E-state index is 0.592. The Morgan fingerprint density at radius 2 is 2.33 bits per heavy atom. The van der Waals surface area contributed by atoms with Gasteiger partial charge < -0.3 is 10.1 Å². The van der Waals surface area contributed by atoms with E-state index in [1.54, 1.807) is 0 Å². The molecule has 0 aliphatic carbocycles. The molecule has 0 bridgehead atoms. The van der Waals surface area contributed by atoms with Crippen LogP contribution in [0.2, 0.25) is 0 Å². The lowest BCUT2D eigenvalue weighted by atomic mass is 10.3. The fourth-order valence-electron chi connectivity index (χ4n) is 0.800. The molecule has 0 radical (unpaired) electrons. The maximum Gasteiger partial charge on any atom is 0.0822 e. The van der Waals surface area contributed by atoms with Gasteiger partial charge in [-0.25, -0.2) is 0 Å². The van der Waals surface area contributed by atoms with Gasteiger partial charge in [0.1, 0.15) is 0 Å².